The van der Waals surface area contributed by atoms with Crippen LogP contribution in [0.25, 0.3) is 0 Å². The van der Waals surface area contributed by atoms with Gasteiger partial charge >= 0.3 is 7.98 Å². The van der Waals surface area contributed by atoms with Gasteiger partial charge in [0.15, 0.2) is 0 Å². The van der Waals surface area contributed by atoms with Crippen molar-refractivity contribution in [3.8, 4) is 0 Å². The fourth-order valence-electron chi connectivity index (χ4n) is 4.57. The van der Waals surface area contributed by atoms with Gasteiger partial charge in [-0.15, -0.1) is 0 Å². The van der Waals surface area contributed by atoms with Gasteiger partial charge in [0.2, 0.25) is 5.96 Å². The lowest BCUT2D eigenvalue weighted by atomic mass is 10.1. The number of benzene rings is 2. The number of hydrogen-bond donors (Lipinski definition) is 3. The highest BCUT2D eigenvalue weighted by Crippen LogP contribution is 2.23. The first-order valence-electron chi connectivity index (χ1n) is 12.9. The molecule has 2 aromatic carbocycles. The van der Waals surface area contributed by atoms with Crippen molar-refractivity contribution in [1.82, 2.24) is 15.1 Å². The number of piperazine rings is 1. The molecule has 2 radical (unpaired) electrons. The number of pyridine rings is 1. The normalized spacial score (nSPS) is 17.9. The maximum Gasteiger partial charge on any atom is 0.586 e. The Kier molecular flexibility index (Phi) is 7.86. The lowest BCUT2D eigenvalue weighted by Gasteiger charge is -2.32. The zero-order valence-corrected chi connectivity index (χ0v) is 21.9. The zero-order chi connectivity index (χ0) is 26.5. The number of guanidine groups is 1. The maximum atomic E-state index is 13.0. The molecule has 2 aliphatic heterocycles. The molecular weight excluding hydrogens is 473 g/mol. The molecule has 192 valence electrons. The molecule has 1 amide bonds. The van der Waals surface area contributed by atoms with Gasteiger partial charge in [0.05, 0.1) is 0 Å². The molecule has 3 heterocycles. The summed E-state index contributed by atoms with van der Waals surface area (Å²) >= 11 is 0. The minimum Gasteiger partial charge on any atom is -0.333 e. The van der Waals surface area contributed by atoms with Crippen LogP contribution in [0.3, 0.4) is 0 Å². The second kappa shape index (κ2) is 11.6. The van der Waals surface area contributed by atoms with E-state index >= 15 is 0 Å². The third-order valence-electron chi connectivity index (χ3n) is 6.92. The monoisotopic (exact) mass is 506 g/mol. The second-order valence-electron chi connectivity index (χ2n) is 9.90. The topological polar surface area (TPSA) is 75.9 Å². The summed E-state index contributed by atoms with van der Waals surface area (Å²) in [6.07, 6.45) is 7.47. The van der Waals surface area contributed by atoms with Crippen LogP contribution in [-0.2, 0) is 6.54 Å². The first kappa shape index (κ1) is 25.7. The van der Waals surface area contributed by atoms with Gasteiger partial charge in [-0.3, -0.25) is 14.2 Å². The predicted octanol–water partition coefficient (Wildman–Crippen LogP) is 2.84. The number of nitrogens with one attached hydrogen (secondary N) is 3. The van der Waals surface area contributed by atoms with E-state index in [0.29, 0.717) is 17.2 Å². The lowest BCUT2D eigenvalue weighted by molar-refractivity contribution is -0.522. The molecule has 3 N–H and O–H groups in total. The molecule has 38 heavy (non-hydrogen) atoms. The van der Waals surface area contributed by atoms with Gasteiger partial charge in [-0.2, -0.15) is 0 Å². The van der Waals surface area contributed by atoms with E-state index in [2.05, 4.69) is 32.8 Å². The van der Waals surface area contributed by atoms with Crippen LogP contribution < -0.4 is 20.4 Å². The number of aryl methyl sites for hydroxylation is 1. The first-order chi connectivity index (χ1) is 18.4. The number of nitrogens with zero attached hydrogens (tertiary/aromatic N) is 4. The van der Waals surface area contributed by atoms with Crippen LogP contribution in [0.4, 0.5) is 11.4 Å². The van der Waals surface area contributed by atoms with Crippen molar-refractivity contribution < 1.29 is 9.27 Å². The number of hydrogen-bond acceptors (Lipinski definition) is 6. The molecule has 3 aromatic rings. The molecule has 1 fully saturated rings. The van der Waals surface area contributed by atoms with E-state index in [1.165, 1.54) is 10.0 Å². The molecule has 2 aliphatic rings. The Morgan fingerprint density at radius 2 is 1.92 bits per heavy atom. The number of rotatable bonds is 6. The Balaban J connectivity index is 1.22. The van der Waals surface area contributed by atoms with Crippen LogP contribution in [0, 0.1) is 6.92 Å². The molecule has 5 rings (SSSR count). The Morgan fingerprint density at radius 1 is 1.13 bits per heavy atom. The van der Waals surface area contributed by atoms with Crippen LogP contribution >= 0.6 is 0 Å². The Morgan fingerprint density at radius 3 is 2.68 bits per heavy atom. The van der Waals surface area contributed by atoms with E-state index in [0.717, 1.165) is 49.5 Å². The van der Waals surface area contributed by atoms with E-state index in [1.807, 2.05) is 80.0 Å². The number of amides is 1. The van der Waals surface area contributed by atoms with Gasteiger partial charge < -0.3 is 20.9 Å². The van der Waals surface area contributed by atoms with Gasteiger partial charge in [-0.05, 0) is 67.6 Å². The smallest absolute Gasteiger partial charge is 0.333 e. The van der Waals surface area contributed by atoms with Gasteiger partial charge in [-0.1, -0.05) is 18.2 Å². The van der Waals surface area contributed by atoms with Crippen LogP contribution in [0.2, 0.25) is 0 Å². The quantitative estimate of drug-likeness (QED) is 0.449. The Bertz CT molecular complexity index is 1350. The van der Waals surface area contributed by atoms with E-state index in [4.69, 9.17) is 13.0 Å². The molecule has 0 bridgehead atoms. The zero-order valence-electron chi connectivity index (χ0n) is 21.9. The highest BCUT2D eigenvalue weighted by molar-refractivity contribution is 6.05. The summed E-state index contributed by atoms with van der Waals surface area (Å²) in [5.41, 5.74) is 5.44. The molecule has 1 unspecified atom stereocenters. The van der Waals surface area contributed by atoms with Crippen LogP contribution in [-0.4, -0.2) is 62.9 Å². The summed E-state index contributed by atoms with van der Waals surface area (Å²) in [5, 5.41) is 9.54. The van der Waals surface area contributed by atoms with Crippen molar-refractivity contribution in [2.24, 2.45) is 4.99 Å². The summed E-state index contributed by atoms with van der Waals surface area (Å²) < 4.78 is 1.52. The molecule has 0 aliphatic carbocycles. The van der Waals surface area contributed by atoms with Crippen molar-refractivity contribution >= 4 is 31.2 Å². The second-order valence-corrected chi connectivity index (χ2v) is 9.90. The first-order valence-corrected chi connectivity index (χ1v) is 12.9. The van der Waals surface area contributed by atoms with Crippen molar-refractivity contribution in [1.29, 1.82) is 0 Å². The Labute approximate surface area is 225 Å². The largest absolute Gasteiger partial charge is 0.586 e. The minimum atomic E-state index is -0.155. The molecule has 1 saturated heterocycles. The predicted molar refractivity (Wildman–Crippen MR) is 152 cm³/mol. The maximum absolute atomic E-state index is 13.0. The number of carbonyl (C=O) groups is 1. The summed E-state index contributed by atoms with van der Waals surface area (Å²) in [4.78, 5) is 22.5. The number of anilines is 2. The van der Waals surface area contributed by atoms with Crippen LogP contribution in [0.15, 0.2) is 84.3 Å². The Hall–Kier alpha value is -3.95. The average molecular weight is 506 g/mol. The van der Waals surface area contributed by atoms with Crippen molar-refractivity contribution in [2.45, 2.75) is 19.5 Å². The number of carbonyl (C=O) groups excluding carboxylic acids is 1. The molecule has 0 saturated carbocycles. The molecule has 9 heteroatoms. The third kappa shape index (κ3) is 6.48. The third-order valence-corrected chi connectivity index (χ3v) is 6.92. The van der Waals surface area contributed by atoms with E-state index < -0.39 is 0 Å². The van der Waals surface area contributed by atoms with Gasteiger partial charge in [0.25, 0.3) is 5.91 Å². The fourth-order valence-corrected chi connectivity index (χ4v) is 4.57. The van der Waals surface area contributed by atoms with Gasteiger partial charge in [0, 0.05) is 61.4 Å². The standard InChI is InChI=1S/C29H33BN7O/c1-21-5-10-25(18-27(21)34-29-31-12-11-26(33-29)24-4-3-13-37(30)20-24)32-28(38)23-8-6-22(7-9-23)19-36-16-14-35(2)15-17-36/h3-13,18,20,26H,14-17,19H2,1-2H3,(H,32,38)(H2,31,33,34)/q+1. The molecular formula is C29H33BN7O+. The van der Waals surface area contributed by atoms with E-state index in [-0.39, 0.29) is 11.9 Å². The fraction of sp³-hybridized carbons (Fsp3) is 0.276. The molecule has 1 aromatic heterocycles. The number of aliphatic imine (C=N–C) groups is 1. The molecule has 1 atom stereocenters. The highest BCUT2D eigenvalue weighted by atomic mass is 16.1. The van der Waals surface area contributed by atoms with Crippen molar-refractivity contribution in [2.75, 3.05) is 43.9 Å². The summed E-state index contributed by atoms with van der Waals surface area (Å²) in [7, 11) is 8.03. The summed E-state index contributed by atoms with van der Waals surface area (Å²) in [6.45, 7) is 7.25. The van der Waals surface area contributed by atoms with Gasteiger partial charge in [-0.25, -0.2) is 4.99 Å². The average Bonchev–Trinajstić information content (AvgIpc) is 2.92. The minimum absolute atomic E-state index is 0.138. The van der Waals surface area contributed by atoms with Crippen molar-refractivity contribution in [3.63, 3.8) is 0 Å². The van der Waals surface area contributed by atoms with Crippen molar-refractivity contribution in [3.05, 3.63) is 102 Å². The summed E-state index contributed by atoms with van der Waals surface area (Å²) in [5.74, 6) is 0.480. The van der Waals surface area contributed by atoms with E-state index in [1.54, 1.807) is 6.20 Å². The number of likely N-dealkylation sites (N-methyl/N-ethyl adjacent to an activating group) is 1. The van der Waals surface area contributed by atoms with Gasteiger partial charge in [0.1, 0.15) is 18.4 Å². The summed E-state index contributed by atoms with van der Waals surface area (Å²) in [6, 6.07) is 17.4. The van der Waals surface area contributed by atoms with E-state index in [9.17, 15) is 4.79 Å². The molecule has 8 nitrogen and oxygen atoms in total. The molecule has 0 spiro atoms. The van der Waals surface area contributed by atoms with Crippen LogP contribution in [0.1, 0.15) is 33.1 Å². The SMILES string of the molecule is [B][n+]1cccc(C2C=CNC(Nc3cc(NC(=O)c4ccc(CN5CCN(C)CC5)cc4)ccc3C)=N2)c1. The lowest BCUT2D eigenvalue weighted by Crippen LogP contribution is -2.43. The number of aromatic nitrogens is 1. The highest BCUT2D eigenvalue weighted by Gasteiger charge is 2.16. The van der Waals surface area contributed by atoms with Crippen LogP contribution in [0.5, 0.6) is 0 Å².